The first-order valence-electron chi connectivity index (χ1n) is 40.4. The molecular formula is C80H129F3N12O13. The minimum atomic E-state index is -4.51. The van der Waals surface area contributed by atoms with Gasteiger partial charge in [0, 0.05) is 75.6 Å². The number of likely N-dealkylation sites (N-methyl/N-ethyl adjacent to an activating group) is 6. The number of alkyl halides is 3. The van der Waals surface area contributed by atoms with Crippen LogP contribution in [0.5, 0.6) is 0 Å². The summed E-state index contributed by atoms with van der Waals surface area (Å²) < 4.78 is 48.5. The lowest BCUT2D eigenvalue weighted by Gasteiger charge is -2.54. The van der Waals surface area contributed by atoms with Gasteiger partial charge in [0.05, 0.1) is 25.0 Å². The first kappa shape index (κ1) is 86.7. The summed E-state index contributed by atoms with van der Waals surface area (Å²) in [5.74, 6) is -10.2. The minimum Gasteiger partial charge on any atom is -0.381 e. The zero-order valence-corrected chi connectivity index (χ0v) is 67.5. The number of nitrogens with one attached hydrogen (secondary N) is 3. The van der Waals surface area contributed by atoms with Crippen molar-refractivity contribution in [2.24, 2.45) is 52.8 Å². The third-order valence-corrected chi connectivity index (χ3v) is 25.7. The molecule has 28 heteroatoms. The van der Waals surface area contributed by atoms with Gasteiger partial charge in [-0.1, -0.05) is 112 Å². The molecule has 7 fully saturated rings. The summed E-state index contributed by atoms with van der Waals surface area (Å²) in [5, 5.41) is 9.06. The maximum Gasteiger partial charge on any atom is 0.394 e. The number of nitrogens with zero attached hydrogens (tertiary/aromatic N) is 9. The van der Waals surface area contributed by atoms with Crippen LogP contribution in [0.3, 0.4) is 0 Å². The van der Waals surface area contributed by atoms with Crippen LogP contribution in [0.25, 0.3) is 0 Å². The Morgan fingerprint density at radius 3 is 1.93 bits per heavy atom. The van der Waals surface area contributed by atoms with E-state index in [1.807, 2.05) is 60.6 Å². The number of hydrogen-bond donors (Lipinski definition) is 3. The topological polar surface area (TPSA) is 279 Å². The summed E-state index contributed by atoms with van der Waals surface area (Å²) in [6, 6.07) is -10.9. The molecule has 0 aromatic heterocycles. The number of carbonyl (C=O) groups excluding carboxylic acids is 12. The first-order valence-corrected chi connectivity index (χ1v) is 40.4. The van der Waals surface area contributed by atoms with E-state index >= 15 is 47.9 Å². The number of amides is 12. The fourth-order valence-corrected chi connectivity index (χ4v) is 19.1. The predicted molar refractivity (Wildman–Crippen MR) is 401 cm³/mol. The smallest absolute Gasteiger partial charge is 0.381 e. The maximum atomic E-state index is 15.8. The lowest BCUT2D eigenvalue weighted by molar-refractivity contribution is -0.215. The van der Waals surface area contributed by atoms with Gasteiger partial charge >= 0.3 is 6.18 Å². The highest BCUT2D eigenvalue weighted by molar-refractivity contribution is 6.01. The fraction of sp³-hybridized carbons (Fsp3) is 0.825. The molecule has 4 heterocycles. The SMILES string of the molecule is CC[C@H](C)[C@@H]1NC(=O)[C@H](CC(C)C)N(C)C(=O)C[C@@H](C(=O)N(C)CC)N(C)C(=O)[C@H](C2CCCC2)N(C)C(=O)C2(CC(C)(C)C2)NC(=O)[C@@H]2C[C@H](C)CN2C(=O)[C@H](CCC2CCC(C(F)(F)F)C(OC)C2)NC(=O)CN(C)C(=O)[C@H](CC2CCC(C)CC2)N2CC/C=C\C[C@@H](C2=O)N(C)C(=O)[C@@H]2CCCN2C1=O. The van der Waals surface area contributed by atoms with Crippen LogP contribution in [0.4, 0.5) is 13.2 Å². The Kier molecular flexibility index (Phi) is 29.7. The summed E-state index contributed by atoms with van der Waals surface area (Å²) >= 11 is 0. The van der Waals surface area contributed by atoms with Gasteiger partial charge in [0.1, 0.15) is 59.9 Å². The Morgan fingerprint density at radius 2 is 1.31 bits per heavy atom. The van der Waals surface area contributed by atoms with Crippen molar-refractivity contribution >= 4 is 70.9 Å². The maximum absolute atomic E-state index is 15.8. The van der Waals surface area contributed by atoms with Crippen LogP contribution in [0, 0.1) is 52.8 Å². The molecule has 0 aromatic rings. The number of carbonyl (C=O) groups is 12. The third kappa shape index (κ3) is 20.2. The zero-order valence-electron chi connectivity index (χ0n) is 67.5. The van der Waals surface area contributed by atoms with E-state index in [1.54, 1.807) is 14.0 Å². The summed E-state index contributed by atoms with van der Waals surface area (Å²) in [7, 11) is 10.2. The molecule has 8 rings (SSSR count). The van der Waals surface area contributed by atoms with E-state index in [0.717, 1.165) is 38.5 Å². The molecule has 3 N–H and O–H groups in total. The number of hydrogen-bond acceptors (Lipinski definition) is 13. The predicted octanol–water partition coefficient (Wildman–Crippen LogP) is 7.33. The standard InChI is InChI=1S/C80H129F3N12O13/c1-17-51(7)66-75(105)93-38-24-28-58(93)73(103)90(13)57-27-20-19-23-37-94(74(57)104)62(41-52-31-29-49(5)30-32-52)72(102)88(11)45-64(96)84-56(36-34-53-33-35-55(80(81,82)83)63(42-53)108-16)70(100)95-44-50(6)40-60(95)69(99)86-79(46-78(8,9)47-79)77(107)92(15)67(54-25-21-22-26-54)76(106)91(14)61(71(101)87(10)18-2)43-65(97)89(12)59(39-48(3)4)68(98)85-66/h19-20,48-63,66-67H,17-18,21-47H2,1-16H3,(H,84,96)(H,85,98)(H,86,99)/b20-19-/t49?,50-,51-,52?,53?,55?,56-,57-,58-,59-,60-,61-,62-,63?,66-,67-/m0/s1. The molecule has 3 unspecified atom stereocenters. The molecule has 14 atom stereocenters. The summed E-state index contributed by atoms with van der Waals surface area (Å²) in [6.45, 7) is 17.0. The average molecular weight is 1520 g/mol. The second kappa shape index (κ2) is 37.0. The number of fused-ring (bicyclic) bond motifs is 4. The average Bonchev–Trinajstić information content (AvgIpc) is 0.888. The van der Waals surface area contributed by atoms with Gasteiger partial charge in [-0.3, -0.25) is 57.5 Å². The zero-order chi connectivity index (χ0) is 79.8. The van der Waals surface area contributed by atoms with Crippen LogP contribution in [-0.4, -0.2) is 269 Å². The molecule has 4 aliphatic heterocycles. The Bertz CT molecular complexity index is 3260. The second-order valence-corrected chi connectivity index (χ2v) is 34.9. The van der Waals surface area contributed by atoms with Crippen LogP contribution in [-0.2, 0) is 62.3 Å². The van der Waals surface area contributed by atoms with Crippen LogP contribution in [0.15, 0.2) is 12.2 Å². The quantitative estimate of drug-likeness (QED) is 0.153. The highest BCUT2D eigenvalue weighted by Crippen LogP contribution is 2.50. The third-order valence-electron chi connectivity index (χ3n) is 25.7. The fourth-order valence-electron chi connectivity index (χ4n) is 19.1. The number of methoxy groups -OCH3 is 1. The van der Waals surface area contributed by atoms with Gasteiger partial charge in [-0.25, -0.2) is 0 Å². The molecule has 8 aliphatic rings. The van der Waals surface area contributed by atoms with Gasteiger partial charge < -0.3 is 64.8 Å². The van der Waals surface area contributed by atoms with E-state index in [0.29, 0.717) is 38.0 Å². The van der Waals surface area contributed by atoms with Crippen LogP contribution < -0.4 is 16.0 Å². The first-order chi connectivity index (χ1) is 50.8. The molecule has 0 radical (unpaired) electrons. The summed E-state index contributed by atoms with van der Waals surface area (Å²) in [4.78, 5) is 197. The lowest BCUT2D eigenvalue weighted by Crippen LogP contribution is -2.71. The van der Waals surface area contributed by atoms with Crippen molar-refractivity contribution in [1.82, 2.24) is 60.0 Å². The molecule has 1 spiro atoms. The van der Waals surface area contributed by atoms with Crippen LogP contribution in [0.1, 0.15) is 216 Å². The van der Waals surface area contributed by atoms with E-state index in [4.69, 9.17) is 4.74 Å². The molecule has 0 aromatic carbocycles. The molecular weight excluding hydrogens is 1390 g/mol. The van der Waals surface area contributed by atoms with Crippen molar-refractivity contribution in [2.45, 2.75) is 289 Å². The van der Waals surface area contributed by atoms with Crippen LogP contribution >= 0.6 is 0 Å². The number of rotatable bonds is 13. The van der Waals surface area contributed by atoms with Crippen molar-refractivity contribution in [2.75, 3.05) is 82.1 Å². The summed E-state index contributed by atoms with van der Waals surface area (Å²) in [6.07, 6.45) is 5.82. The second-order valence-electron chi connectivity index (χ2n) is 34.9. The molecule has 3 saturated heterocycles. The van der Waals surface area contributed by atoms with Crippen molar-refractivity contribution in [1.29, 1.82) is 0 Å². The van der Waals surface area contributed by atoms with Gasteiger partial charge in [-0.05, 0) is 156 Å². The van der Waals surface area contributed by atoms with Crippen LogP contribution in [0.2, 0.25) is 0 Å². The molecule has 4 aliphatic carbocycles. The highest BCUT2D eigenvalue weighted by Gasteiger charge is 2.60. The Hall–Kier alpha value is -6.87. The van der Waals surface area contributed by atoms with Gasteiger partial charge in [-0.15, -0.1) is 0 Å². The van der Waals surface area contributed by atoms with E-state index in [9.17, 15) is 22.8 Å². The van der Waals surface area contributed by atoms with Crippen molar-refractivity contribution < 1.29 is 75.4 Å². The van der Waals surface area contributed by atoms with Crippen molar-refractivity contribution in [3.8, 4) is 0 Å². The number of ether oxygens (including phenoxy) is 1. The van der Waals surface area contributed by atoms with Gasteiger partial charge in [-0.2, -0.15) is 13.2 Å². The minimum absolute atomic E-state index is 0.00729. The normalized spacial score (nSPS) is 32.8. The monoisotopic (exact) mass is 1520 g/mol. The lowest BCUT2D eigenvalue weighted by atomic mass is 9.58. The molecule has 4 saturated carbocycles. The van der Waals surface area contributed by atoms with E-state index in [2.05, 4.69) is 22.9 Å². The number of halogens is 3. The largest absolute Gasteiger partial charge is 0.394 e. The Labute approximate surface area is 639 Å². The molecule has 2 bridgehead atoms. The highest BCUT2D eigenvalue weighted by atomic mass is 19.4. The Morgan fingerprint density at radius 1 is 0.657 bits per heavy atom. The van der Waals surface area contributed by atoms with Gasteiger partial charge in [0.2, 0.25) is 70.9 Å². The van der Waals surface area contributed by atoms with Gasteiger partial charge in [0.25, 0.3) is 0 Å². The molecule has 25 nitrogen and oxygen atoms in total. The Balaban J connectivity index is 1.22. The molecule has 12 amide bonds. The van der Waals surface area contributed by atoms with Gasteiger partial charge in [0.15, 0.2) is 0 Å². The summed E-state index contributed by atoms with van der Waals surface area (Å²) in [5.41, 5.74) is -2.11. The van der Waals surface area contributed by atoms with Crippen molar-refractivity contribution in [3.63, 3.8) is 0 Å². The molecule has 108 heavy (non-hydrogen) atoms. The molecule has 608 valence electrons. The van der Waals surface area contributed by atoms with E-state index in [-0.39, 0.29) is 127 Å². The van der Waals surface area contributed by atoms with Crippen molar-refractivity contribution in [3.05, 3.63) is 12.2 Å². The van der Waals surface area contributed by atoms with E-state index < -0.39 is 179 Å². The van der Waals surface area contributed by atoms with E-state index in [1.165, 1.54) is 86.4 Å².